The molecule has 1 aliphatic rings. The first kappa shape index (κ1) is 12.7. The van der Waals surface area contributed by atoms with E-state index in [9.17, 15) is 4.79 Å². The van der Waals surface area contributed by atoms with Crippen LogP contribution in [0.1, 0.15) is 19.8 Å². The van der Waals surface area contributed by atoms with Crippen LogP contribution in [0.25, 0.3) is 0 Å². The normalized spacial score (nSPS) is 21.8. The molecule has 18 heavy (non-hydrogen) atoms. The van der Waals surface area contributed by atoms with Crippen molar-refractivity contribution in [2.75, 3.05) is 6.61 Å². The maximum atomic E-state index is 11.3. The molecule has 0 amide bonds. The van der Waals surface area contributed by atoms with Gasteiger partial charge in [-0.05, 0) is 31.9 Å². The summed E-state index contributed by atoms with van der Waals surface area (Å²) in [4.78, 5) is 11.3. The monoisotopic (exact) mass is 246 g/mol. The lowest BCUT2D eigenvalue weighted by Crippen LogP contribution is -2.40. The second kappa shape index (κ2) is 5.71. The third kappa shape index (κ3) is 3.13. The Morgan fingerprint density at radius 1 is 1.33 bits per heavy atom. The second-order valence-electron chi connectivity index (χ2n) is 4.69. The summed E-state index contributed by atoms with van der Waals surface area (Å²) in [7, 11) is 0. The minimum Gasteiger partial charge on any atom is -0.490 e. The van der Waals surface area contributed by atoms with Gasteiger partial charge in [0.05, 0.1) is 6.61 Å². The van der Waals surface area contributed by atoms with Crippen molar-refractivity contribution < 1.29 is 14.3 Å². The van der Waals surface area contributed by atoms with Crippen molar-refractivity contribution in [3.05, 3.63) is 42.5 Å². The lowest BCUT2D eigenvalue weighted by molar-refractivity contribution is -0.143. The van der Waals surface area contributed by atoms with Gasteiger partial charge >= 0.3 is 5.97 Å². The molecule has 2 unspecified atom stereocenters. The summed E-state index contributed by atoms with van der Waals surface area (Å²) in [6, 6.07) is 9.73. The standard InChI is InChI=1S/C15H18O3/c1-11(2)15(16)17-10-12-8-9-14(12)18-13-6-4-3-5-7-13/h3-7,12,14H,1,8-10H2,2H3. The molecule has 3 nitrogen and oxygen atoms in total. The van der Waals surface area contributed by atoms with Gasteiger partial charge in [-0.25, -0.2) is 4.79 Å². The highest BCUT2D eigenvalue weighted by Gasteiger charge is 2.33. The molecule has 0 aromatic heterocycles. The molecular weight excluding hydrogens is 228 g/mol. The van der Waals surface area contributed by atoms with Crippen molar-refractivity contribution in [3.63, 3.8) is 0 Å². The molecular formula is C15H18O3. The van der Waals surface area contributed by atoms with E-state index in [2.05, 4.69) is 6.58 Å². The van der Waals surface area contributed by atoms with Gasteiger partial charge in [0.1, 0.15) is 11.9 Å². The molecule has 1 aliphatic carbocycles. The van der Waals surface area contributed by atoms with E-state index >= 15 is 0 Å². The molecule has 1 aromatic rings. The van der Waals surface area contributed by atoms with Crippen LogP contribution in [0.15, 0.2) is 42.5 Å². The van der Waals surface area contributed by atoms with Crippen LogP contribution in [0.2, 0.25) is 0 Å². The third-order valence-corrected chi connectivity index (χ3v) is 3.16. The molecule has 1 aromatic carbocycles. The number of esters is 1. The van der Waals surface area contributed by atoms with E-state index in [4.69, 9.17) is 9.47 Å². The second-order valence-corrected chi connectivity index (χ2v) is 4.69. The van der Waals surface area contributed by atoms with E-state index < -0.39 is 0 Å². The Kier molecular flexibility index (Phi) is 4.03. The molecule has 1 fully saturated rings. The maximum Gasteiger partial charge on any atom is 0.333 e. The first-order chi connectivity index (χ1) is 8.66. The van der Waals surface area contributed by atoms with Gasteiger partial charge in [-0.1, -0.05) is 24.8 Å². The van der Waals surface area contributed by atoms with Crippen LogP contribution in [-0.2, 0) is 9.53 Å². The van der Waals surface area contributed by atoms with Crippen LogP contribution < -0.4 is 4.74 Å². The first-order valence-corrected chi connectivity index (χ1v) is 6.21. The molecule has 96 valence electrons. The van der Waals surface area contributed by atoms with Crippen molar-refractivity contribution in [3.8, 4) is 5.75 Å². The van der Waals surface area contributed by atoms with Gasteiger partial charge in [-0.15, -0.1) is 0 Å². The molecule has 0 saturated heterocycles. The Morgan fingerprint density at radius 3 is 2.61 bits per heavy atom. The molecule has 2 atom stereocenters. The minimum atomic E-state index is -0.319. The van der Waals surface area contributed by atoms with Crippen LogP contribution >= 0.6 is 0 Å². The number of ether oxygens (including phenoxy) is 2. The van der Waals surface area contributed by atoms with Gasteiger partial charge < -0.3 is 9.47 Å². The third-order valence-electron chi connectivity index (χ3n) is 3.16. The Morgan fingerprint density at radius 2 is 2.06 bits per heavy atom. The molecule has 0 N–H and O–H groups in total. The fourth-order valence-electron chi connectivity index (χ4n) is 1.86. The number of hydrogen-bond acceptors (Lipinski definition) is 3. The average Bonchev–Trinajstić information content (AvgIpc) is 2.36. The lowest BCUT2D eigenvalue weighted by Gasteiger charge is -2.36. The summed E-state index contributed by atoms with van der Waals surface area (Å²) >= 11 is 0. The van der Waals surface area contributed by atoms with Gasteiger partial charge in [-0.3, -0.25) is 0 Å². The average molecular weight is 246 g/mol. The van der Waals surface area contributed by atoms with Crippen molar-refractivity contribution in [1.29, 1.82) is 0 Å². The van der Waals surface area contributed by atoms with Crippen LogP contribution in [-0.4, -0.2) is 18.7 Å². The number of carbonyl (C=O) groups excluding carboxylic acids is 1. The van der Waals surface area contributed by atoms with E-state index in [-0.39, 0.29) is 12.1 Å². The Hall–Kier alpha value is -1.77. The molecule has 0 spiro atoms. The molecule has 0 bridgehead atoms. The lowest BCUT2D eigenvalue weighted by atomic mass is 9.82. The zero-order valence-corrected chi connectivity index (χ0v) is 10.6. The Labute approximate surface area is 107 Å². The number of carbonyl (C=O) groups is 1. The van der Waals surface area contributed by atoms with Crippen LogP contribution in [0.5, 0.6) is 5.75 Å². The van der Waals surface area contributed by atoms with E-state index in [1.165, 1.54) is 0 Å². The van der Waals surface area contributed by atoms with Crippen molar-refractivity contribution in [1.82, 2.24) is 0 Å². The van der Waals surface area contributed by atoms with E-state index in [1.807, 2.05) is 30.3 Å². The highest BCUT2D eigenvalue weighted by molar-refractivity contribution is 5.86. The quantitative estimate of drug-likeness (QED) is 0.592. The highest BCUT2D eigenvalue weighted by Crippen LogP contribution is 2.31. The predicted octanol–water partition coefficient (Wildman–Crippen LogP) is 2.96. The van der Waals surface area contributed by atoms with Crippen LogP contribution in [0.4, 0.5) is 0 Å². The zero-order chi connectivity index (χ0) is 13.0. The Balaban J connectivity index is 1.78. The predicted molar refractivity (Wildman–Crippen MR) is 69.4 cm³/mol. The molecule has 0 aliphatic heterocycles. The Bertz CT molecular complexity index is 425. The van der Waals surface area contributed by atoms with Gasteiger partial charge in [-0.2, -0.15) is 0 Å². The SMILES string of the molecule is C=C(C)C(=O)OCC1CCC1Oc1ccccc1. The molecule has 2 rings (SSSR count). The van der Waals surface area contributed by atoms with Crippen LogP contribution in [0.3, 0.4) is 0 Å². The fraction of sp³-hybridized carbons (Fsp3) is 0.400. The summed E-state index contributed by atoms with van der Waals surface area (Å²) < 4.78 is 11.0. The molecule has 3 heteroatoms. The van der Waals surface area contributed by atoms with Gasteiger partial charge in [0.25, 0.3) is 0 Å². The zero-order valence-electron chi connectivity index (χ0n) is 10.6. The van der Waals surface area contributed by atoms with Gasteiger partial charge in [0.2, 0.25) is 0 Å². The summed E-state index contributed by atoms with van der Waals surface area (Å²) in [5, 5.41) is 0. The summed E-state index contributed by atoms with van der Waals surface area (Å²) in [6.07, 6.45) is 2.22. The maximum absolute atomic E-state index is 11.3. The highest BCUT2D eigenvalue weighted by atomic mass is 16.5. The van der Waals surface area contributed by atoms with Crippen LogP contribution in [0, 0.1) is 5.92 Å². The number of para-hydroxylation sites is 1. The number of rotatable bonds is 5. The minimum absolute atomic E-state index is 0.158. The van der Waals surface area contributed by atoms with Gasteiger partial charge in [0.15, 0.2) is 0 Å². The van der Waals surface area contributed by atoms with Gasteiger partial charge in [0, 0.05) is 11.5 Å². The topological polar surface area (TPSA) is 35.5 Å². The largest absolute Gasteiger partial charge is 0.490 e. The number of hydrogen-bond donors (Lipinski definition) is 0. The van der Waals surface area contributed by atoms with E-state index in [0.717, 1.165) is 18.6 Å². The summed E-state index contributed by atoms with van der Waals surface area (Å²) in [6.45, 7) is 5.63. The smallest absolute Gasteiger partial charge is 0.333 e. The van der Waals surface area contributed by atoms with E-state index in [1.54, 1.807) is 6.92 Å². The molecule has 0 radical (unpaired) electrons. The first-order valence-electron chi connectivity index (χ1n) is 6.21. The number of benzene rings is 1. The van der Waals surface area contributed by atoms with Crippen molar-refractivity contribution in [2.45, 2.75) is 25.9 Å². The van der Waals surface area contributed by atoms with E-state index in [0.29, 0.717) is 18.1 Å². The fourth-order valence-corrected chi connectivity index (χ4v) is 1.86. The summed E-state index contributed by atoms with van der Waals surface area (Å²) in [5.41, 5.74) is 0.440. The van der Waals surface area contributed by atoms with Crippen molar-refractivity contribution >= 4 is 5.97 Å². The molecule has 0 heterocycles. The summed E-state index contributed by atoms with van der Waals surface area (Å²) in [5.74, 6) is 0.854. The molecule has 1 saturated carbocycles. The van der Waals surface area contributed by atoms with Crippen molar-refractivity contribution in [2.24, 2.45) is 5.92 Å².